The number of aromatic hydroxyl groups is 2. The zero-order valence-corrected chi connectivity index (χ0v) is 18.0. The molecule has 10 heteroatoms. The van der Waals surface area contributed by atoms with E-state index in [0.29, 0.717) is 29.1 Å². The Kier molecular flexibility index (Phi) is 5.57. The van der Waals surface area contributed by atoms with E-state index in [-0.39, 0.29) is 16.7 Å². The molecule has 3 aromatic rings. The third-order valence-corrected chi connectivity index (χ3v) is 6.09. The Bertz CT molecular complexity index is 1060. The molecule has 8 nitrogen and oxygen atoms in total. The Morgan fingerprint density at radius 1 is 1.03 bits per heavy atom. The van der Waals surface area contributed by atoms with Crippen LogP contribution in [0.1, 0.15) is 0 Å². The van der Waals surface area contributed by atoms with Crippen LogP contribution in [0.15, 0.2) is 46.0 Å². The van der Waals surface area contributed by atoms with E-state index < -0.39 is 10.8 Å². The monoisotopic (exact) mass is 478 g/mol. The van der Waals surface area contributed by atoms with Crippen molar-refractivity contribution in [3.05, 3.63) is 40.9 Å². The number of benzene rings is 2. The normalized spacial score (nSPS) is 15.4. The van der Waals surface area contributed by atoms with Crippen LogP contribution in [0.5, 0.6) is 11.5 Å². The van der Waals surface area contributed by atoms with Crippen LogP contribution >= 0.6 is 15.9 Å². The fourth-order valence-corrected chi connectivity index (χ4v) is 4.18. The van der Waals surface area contributed by atoms with Crippen molar-refractivity contribution in [3.8, 4) is 28.6 Å². The largest absolute Gasteiger partial charge is 0.507 e. The summed E-state index contributed by atoms with van der Waals surface area (Å²) in [5.41, 5.74) is 2.15. The van der Waals surface area contributed by atoms with E-state index in [1.54, 1.807) is 10.6 Å². The van der Waals surface area contributed by atoms with Gasteiger partial charge < -0.3 is 19.8 Å². The highest BCUT2D eigenvalue weighted by atomic mass is 79.9. The molecule has 2 aromatic carbocycles. The molecule has 2 heterocycles. The Morgan fingerprint density at radius 2 is 1.69 bits per heavy atom. The summed E-state index contributed by atoms with van der Waals surface area (Å²) in [7, 11) is -1.40. The fraction of sp³-hybridized carbons (Fsp3) is 0.263. The molecule has 4 rings (SSSR count). The lowest BCUT2D eigenvalue weighted by atomic mass is 10.1. The molecule has 0 amide bonds. The summed E-state index contributed by atoms with van der Waals surface area (Å²) < 4.78 is 19.7. The van der Waals surface area contributed by atoms with Crippen LogP contribution < -0.4 is 4.90 Å². The first-order valence-corrected chi connectivity index (χ1v) is 11.2. The molecule has 1 saturated heterocycles. The van der Waals surface area contributed by atoms with Gasteiger partial charge in [0.2, 0.25) is 5.16 Å². The maximum Gasteiger partial charge on any atom is 0.226 e. The molecule has 0 aliphatic carbocycles. The van der Waals surface area contributed by atoms with Crippen molar-refractivity contribution in [1.29, 1.82) is 0 Å². The average Bonchev–Trinajstić information content (AvgIpc) is 3.17. The Labute approximate surface area is 178 Å². The van der Waals surface area contributed by atoms with Crippen LogP contribution in [0.3, 0.4) is 0 Å². The van der Waals surface area contributed by atoms with Crippen LogP contribution in [0.4, 0.5) is 5.69 Å². The molecule has 1 aliphatic heterocycles. The summed E-state index contributed by atoms with van der Waals surface area (Å²) >= 11 is 3.25. The van der Waals surface area contributed by atoms with Gasteiger partial charge in [-0.2, -0.15) is 0 Å². The van der Waals surface area contributed by atoms with E-state index >= 15 is 0 Å². The molecule has 2 N–H and O–H groups in total. The smallest absolute Gasteiger partial charge is 0.226 e. The number of hydrogen-bond acceptors (Lipinski definition) is 7. The first kappa shape index (κ1) is 19.9. The Morgan fingerprint density at radius 3 is 2.34 bits per heavy atom. The lowest BCUT2D eigenvalue weighted by Crippen LogP contribution is -2.36. The number of phenols is 2. The topological polar surface area (TPSA) is 101 Å². The van der Waals surface area contributed by atoms with Crippen molar-refractivity contribution in [1.82, 2.24) is 14.8 Å². The average molecular weight is 479 g/mol. The van der Waals surface area contributed by atoms with Gasteiger partial charge in [0.1, 0.15) is 11.5 Å². The summed E-state index contributed by atoms with van der Waals surface area (Å²) in [6.45, 7) is 3.06. The second kappa shape index (κ2) is 8.13. The van der Waals surface area contributed by atoms with Crippen molar-refractivity contribution < 1.29 is 19.2 Å². The number of nitrogens with zero attached hydrogens (tertiary/aromatic N) is 4. The van der Waals surface area contributed by atoms with Gasteiger partial charge in [0, 0.05) is 36.8 Å². The van der Waals surface area contributed by atoms with Gasteiger partial charge in [0.05, 0.1) is 34.0 Å². The lowest BCUT2D eigenvalue weighted by molar-refractivity contribution is 0.122. The lowest BCUT2D eigenvalue weighted by Gasteiger charge is -2.29. The number of ether oxygens (including phenoxy) is 1. The Balaban J connectivity index is 1.80. The van der Waals surface area contributed by atoms with Crippen molar-refractivity contribution in [2.24, 2.45) is 0 Å². The number of phenolic OH excluding ortho intramolecular Hbond substituents is 2. The minimum Gasteiger partial charge on any atom is -0.507 e. The molecule has 29 heavy (non-hydrogen) atoms. The van der Waals surface area contributed by atoms with Crippen molar-refractivity contribution in [2.75, 3.05) is 37.5 Å². The number of anilines is 1. The summed E-state index contributed by atoms with van der Waals surface area (Å²) in [6, 6.07) is 10.6. The summed E-state index contributed by atoms with van der Waals surface area (Å²) in [4.78, 5) is 2.24. The van der Waals surface area contributed by atoms with Crippen molar-refractivity contribution in [2.45, 2.75) is 5.16 Å². The van der Waals surface area contributed by atoms with E-state index in [2.05, 4.69) is 31.0 Å². The van der Waals surface area contributed by atoms with E-state index in [1.807, 2.05) is 24.3 Å². The van der Waals surface area contributed by atoms with E-state index in [4.69, 9.17) is 4.74 Å². The standard InChI is InChI=1S/C19H19BrN4O4S/c1-29(27)19-22-21-18(14-10-15(20)17(26)11-16(14)25)24(19)13-4-2-12(3-5-13)23-6-8-28-9-7-23/h2-5,10-11,25-26H,6-9H2,1H3. The molecule has 1 aromatic heterocycles. The predicted molar refractivity (Wildman–Crippen MR) is 113 cm³/mol. The van der Waals surface area contributed by atoms with Gasteiger partial charge in [-0.3, -0.25) is 8.78 Å². The van der Waals surface area contributed by atoms with Gasteiger partial charge >= 0.3 is 0 Å². The van der Waals surface area contributed by atoms with Gasteiger partial charge in [0.25, 0.3) is 0 Å². The Hall–Kier alpha value is -2.43. The van der Waals surface area contributed by atoms with Crippen LogP contribution in [0.2, 0.25) is 0 Å². The molecule has 1 fully saturated rings. The van der Waals surface area contributed by atoms with Crippen molar-refractivity contribution >= 4 is 32.4 Å². The maximum absolute atomic E-state index is 12.3. The van der Waals surface area contributed by atoms with Crippen molar-refractivity contribution in [3.63, 3.8) is 0 Å². The van der Waals surface area contributed by atoms with Crippen LogP contribution in [0, 0.1) is 0 Å². The van der Waals surface area contributed by atoms with Gasteiger partial charge in [-0.1, -0.05) is 0 Å². The predicted octanol–water partition coefficient (Wildman–Crippen LogP) is 2.68. The maximum atomic E-state index is 12.3. The second-order valence-corrected chi connectivity index (χ2v) is 8.66. The fourth-order valence-electron chi connectivity index (χ4n) is 3.23. The van der Waals surface area contributed by atoms with Gasteiger partial charge in [-0.15, -0.1) is 10.2 Å². The number of morpholine rings is 1. The molecule has 1 atom stereocenters. The number of aromatic nitrogens is 3. The first-order chi connectivity index (χ1) is 14.0. The van der Waals surface area contributed by atoms with E-state index in [0.717, 1.165) is 24.5 Å². The molecule has 0 saturated carbocycles. The second-order valence-electron chi connectivity index (χ2n) is 6.53. The molecule has 152 valence electrons. The molecule has 1 aliphatic rings. The number of halogens is 1. The molecular formula is C19H19BrN4O4S. The highest BCUT2D eigenvalue weighted by Crippen LogP contribution is 2.38. The molecule has 0 bridgehead atoms. The number of hydrogen-bond donors (Lipinski definition) is 2. The number of rotatable bonds is 4. The van der Waals surface area contributed by atoms with E-state index in [9.17, 15) is 14.4 Å². The summed E-state index contributed by atoms with van der Waals surface area (Å²) in [5, 5.41) is 28.6. The highest BCUT2D eigenvalue weighted by Gasteiger charge is 2.22. The quantitative estimate of drug-likeness (QED) is 0.594. The third kappa shape index (κ3) is 3.87. The molecule has 1 unspecified atom stereocenters. The molecular weight excluding hydrogens is 460 g/mol. The first-order valence-electron chi connectivity index (χ1n) is 8.89. The van der Waals surface area contributed by atoms with E-state index in [1.165, 1.54) is 12.3 Å². The van der Waals surface area contributed by atoms with Crippen LogP contribution in [0.25, 0.3) is 17.1 Å². The zero-order valence-electron chi connectivity index (χ0n) is 15.6. The zero-order chi connectivity index (χ0) is 20.5. The highest BCUT2D eigenvalue weighted by molar-refractivity contribution is 9.10. The minimum atomic E-state index is -1.40. The SMILES string of the molecule is CS(=O)c1nnc(-c2cc(Br)c(O)cc2O)n1-c1ccc(N2CCOCC2)cc1. The summed E-state index contributed by atoms with van der Waals surface area (Å²) in [6.07, 6.45) is 1.53. The minimum absolute atomic E-state index is 0.0912. The van der Waals surface area contributed by atoms with Crippen LogP contribution in [-0.2, 0) is 15.5 Å². The van der Waals surface area contributed by atoms with Gasteiger partial charge in [0.15, 0.2) is 5.82 Å². The van der Waals surface area contributed by atoms with Crippen LogP contribution in [-0.4, -0.2) is 61.7 Å². The van der Waals surface area contributed by atoms with Gasteiger partial charge in [-0.05, 0) is 46.3 Å². The van der Waals surface area contributed by atoms with Gasteiger partial charge in [-0.25, -0.2) is 0 Å². The molecule has 0 radical (unpaired) electrons. The summed E-state index contributed by atoms with van der Waals surface area (Å²) in [5.74, 6) is 0.0803. The third-order valence-electron chi connectivity index (χ3n) is 4.68. The molecule has 0 spiro atoms.